The Balaban J connectivity index is 1.54. The highest BCUT2D eigenvalue weighted by Crippen LogP contribution is 2.29. The lowest BCUT2D eigenvalue weighted by Gasteiger charge is -2.06. The summed E-state index contributed by atoms with van der Waals surface area (Å²) in [5, 5.41) is 3.53. The van der Waals surface area contributed by atoms with Gasteiger partial charge in [0.15, 0.2) is 9.84 Å². The lowest BCUT2D eigenvalue weighted by atomic mass is 10.2. The number of rotatable bonds is 4. The van der Waals surface area contributed by atoms with Crippen molar-refractivity contribution >= 4 is 43.1 Å². The summed E-state index contributed by atoms with van der Waals surface area (Å²) in [6.45, 7) is 0. The third-order valence-corrected chi connectivity index (χ3v) is 6.27. The molecule has 4 aromatic rings. The Morgan fingerprint density at radius 2 is 1.86 bits per heavy atom. The molecule has 0 atom stereocenters. The van der Waals surface area contributed by atoms with Crippen molar-refractivity contribution in [2.24, 2.45) is 0 Å². The first-order chi connectivity index (χ1) is 13.4. The predicted octanol–water partition coefficient (Wildman–Crippen LogP) is 4.01. The van der Waals surface area contributed by atoms with Gasteiger partial charge in [-0.15, -0.1) is 11.3 Å². The number of benzene rings is 2. The first-order valence-electron chi connectivity index (χ1n) is 8.34. The molecule has 6 nitrogen and oxygen atoms in total. The molecule has 1 amide bonds. The van der Waals surface area contributed by atoms with Crippen molar-refractivity contribution in [2.75, 3.05) is 11.6 Å². The van der Waals surface area contributed by atoms with Crippen LogP contribution in [0.1, 0.15) is 10.4 Å². The Bertz CT molecular complexity index is 1250. The number of carbonyl (C=O) groups excluding carboxylic acids is 1. The van der Waals surface area contributed by atoms with Gasteiger partial charge in [-0.05, 0) is 42.5 Å². The smallest absolute Gasteiger partial charge is 0.256 e. The summed E-state index contributed by atoms with van der Waals surface area (Å²) in [5.41, 5.74) is 2.05. The van der Waals surface area contributed by atoms with Crippen LogP contribution in [0.5, 0.6) is 0 Å². The fraction of sp³-hybridized carbons (Fsp3) is 0.0500. The number of hydrogen-bond acceptors (Lipinski definition) is 6. The first kappa shape index (κ1) is 18.3. The number of anilines is 1. The van der Waals surface area contributed by atoms with Crippen molar-refractivity contribution in [1.82, 2.24) is 9.97 Å². The van der Waals surface area contributed by atoms with E-state index < -0.39 is 15.7 Å². The quantitative estimate of drug-likeness (QED) is 0.550. The molecule has 0 spiro atoms. The number of pyridine rings is 1. The highest BCUT2D eigenvalue weighted by molar-refractivity contribution is 7.90. The molecule has 0 aliphatic rings. The average molecular weight is 409 g/mol. The Labute approximate surface area is 165 Å². The third-order valence-electron chi connectivity index (χ3n) is 4.07. The molecular weight excluding hydrogens is 394 g/mol. The van der Waals surface area contributed by atoms with Crippen LogP contribution in [0.15, 0.2) is 71.8 Å². The largest absolute Gasteiger partial charge is 0.307 e. The van der Waals surface area contributed by atoms with Gasteiger partial charge >= 0.3 is 0 Å². The second-order valence-corrected chi connectivity index (χ2v) is 9.22. The van der Waals surface area contributed by atoms with Crippen LogP contribution < -0.4 is 5.32 Å². The summed E-state index contributed by atoms with van der Waals surface area (Å²) in [4.78, 5) is 21.4. The molecule has 0 saturated carbocycles. The molecule has 28 heavy (non-hydrogen) atoms. The normalized spacial score (nSPS) is 11.5. The van der Waals surface area contributed by atoms with E-state index in [1.54, 1.807) is 29.7 Å². The van der Waals surface area contributed by atoms with Crippen molar-refractivity contribution in [2.45, 2.75) is 4.90 Å². The van der Waals surface area contributed by atoms with Gasteiger partial charge in [0.1, 0.15) is 10.8 Å². The number of nitrogens with one attached hydrogen (secondary N) is 1. The number of fused-ring (bicyclic) bond motifs is 1. The number of thiazole rings is 1. The molecule has 2 heterocycles. The van der Waals surface area contributed by atoms with E-state index in [0.29, 0.717) is 5.82 Å². The fourth-order valence-corrected chi connectivity index (χ4v) is 4.27. The van der Waals surface area contributed by atoms with Crippen LogP contribution in [-0.2, 0) is 9.84 Å². The second kappa shape index (κ2) is 7.14. The van der Waals surface area contributed by atoms with Crippen LogP contribution in [0.2, 0.25) is 0 Å². The fourth-order valence-electron chi connectivity index (χ4n) is 2.65. The summed E-state index contributed by atoms with van der Waals surface area (Å²) >= 11 is 1.58. The standard InChI is InChI=1S/C20H15N3O3S2/c1-28(25,26)15-6-4-5-13(11-15)19(24)23-18-10-9-14(12-21-18)20-22-16-7-2-3-8-17(16)27-20/h2-12H,1H3,(H,21,23,24). The van der Waals surface area contributed by atoms with Gasteiger partial charge in [-0.25, -0.2) is 18.4 Å². The van der Waals surface area contributed by atoms with Crippen molar-refractivity contribution in [3.8, 4) is 10.6 Å². The van der Waals surface area contributed by atoms with Gasteiger partial charge in [-0.2, -0.15) is 0 Å². The van der Waals surface area contributed by atoms with Crippen LogP contribution >= 0.6 is 11.3 Å². The molecular formula is C20H15N3O3S2. The zero-order valence-electron chi connectivity index (χ0n) is 14.8. The SMILES string of the molecule is CS(=O)(=O)c1cccc(C(=O)Nc2ccc(-c3nc4ccccc4s3)cn2)c1. The minimum atomic E-state index is -3.38. The summed E-state index contributed by atoms with van der Waals surface area (Å²) in [7, 11) is -3.38. The van der Waals surface area contributed by atoms with Crippen molar-refractivity contribution in [1.29, 1.82) is 0 Å². The number of carbonyl (C=O) groups is 1. The molecule has 0 unspecified atom stereocenters. The first-order valence-corrected chi connectivity index (χ1v) is 11.0. The van der Waals surface area contributed by atoms with Crippen molar-refractivity contribution in [3.63, 3.8) is 0 Å². The van der Waals surface area contributed by atoms with Crippen molar-refractivity contribution < 1.29 is 13.2 Å². The highest BCUT2D eigenvalue weighted by Gasteiger charge is 2.13. The summed E-state index contributed by atoms with van der Waals surface area (Å²) in [6.07, 6.45) is 2.76. The molecule has 2 aromatic carbocycles. The molecule has 0 bridgehead atoms. The van der Waals surface area contributed by atoms with Gasteiger partial charge in [0.25, 0.3) is 5.91 Å². The van der Waals surface area contributed by atoms with Gasteiger partial charge in [0.2, 0.25) is 0 Å². The number of aromatic nitrogens is 2. The molecule has 1 N–H and O–H groups in total. The van der Waals surface area contributed by atoms with Gasteiger partial charge < -0.3 is 5.32 Å². The van der Waals surface area contributed by atoms with Gasteiger partial charge in [-0.3, -0.25) is 4.79 Å². The second-order valence-electron chi connectivity index (χ2n) is 6.17. The van der Waals surface area contributed by atoms with E-state index in [-0.39, 0.29) is 10.5 Å². The van der Waals surface area contributed by atoms with Crippen molar-refractivity contribution in [3.05, 3.63) is 72.4 Å². The molecule has 0 aliphatic heterocycles. The molecule has 0 saturated heterocycles. The van der Waals surface area contributed by atoms with Gasteiger partial charge in [0.05, 0.1) is 15.1 Å². The minimum Gasteiger partial charge on any atom is -0.307 e. The molecule has 8 heteroatoms. The molecule has 4 rings (SSSR count). The van der Waals surface area contributed by atoms with E-state index >= 15 is 0 Å². The third kappa shape index (κ3) is 3.78. The van der Waals surface area contributed by atoms with E-state index in [4.69, 9.17) is 0 Å². The van der Waals surface area contributed by atoms with E-state index in [1.165, 1.54) is 18.2 Å². The van der Waals surface area contributed by atoms with Crippen LogP contribution in [0.4, 0.5) is 5.82 Å². The molecule has 0 fully saturated rings. The van der Waals surface area contributed by atoms with Crippen LogP contribution in [0.3, 0.4) is 0 Å². The lowest BCUT2D eigenvalue weighted by Crippen LogP contribution is -2.13. The zero-order valence-corrected chi connectivity index (χ0v) is 16.4. The van der Waals surface area contributed by atoms with Crippen LogP contribution in [0, 0.1) is 0 Å². The van der Waals surface area contributed by atoms with E-state index in [9.17, 15) is 13.2 Å². The maximum Gasteiger partial charge on any atom is 0.256 e. The Hall–Kier alpha value is -3.10. The van der Waals surface area contributed by atoms with E-state index in [0.717, 1.165) is 27.0 Å². The lowest BCUT2D eigenvalue weighted by molar-refractivity contribution is 0.102. The molecule has 0 radical (unpaired) electrons. The molecule has 140 valence electrons. The number of amides is 1. The zero-order chi connectivity index (χ0) is 19.7. The number of sulfone groups is 1. The topological polar surface area (TPSA) is 89.0 Å². The maximum atomic E-state index is 12.4. The van der Waals surface area contributed by atoms with E-state index in [1.807, 2.05) is 30.3 Å². The van der Waals surface area contributed by atoms with Gasteiger partial charge in [0, 0.05) is 23.6 Å². The highest BCUT2D eigenvalue weighted by atomic mass is 32.2. The maximum absolute atomic E-state index is 12.4. The number of hydrogen-bond donors (Lipinski definition) is 1. The Morgan fingerprint density at radius 1 is 1.04 bits per heavy atom. The summed E-state index contributed by atoms with van der Waals surface area (Å²) in [5.74, 6) is -0.0506. The Morgan fingerprint density at radius 3 is 2.57 bits per heavy atom. The number of para-hydroxylation sites is 1. The molecule has 0 aliphatic carbocycles. The molecule has 2 aromatic heterocycles. The average Bonchev–Trinajstić information content (AvgIpc) is 3.12. The minimum absolute atomic E-state index is 0.0966. The predicted molar refractivity (Wildman–Crippen MR) is 110 cm³/mol. The Kier molecular flexibility index (Phi) is 4.66. The van der Waals surface area contributed by atoms with Crippen LogP contribution in [0.25, 0.3) is 20.8 Å². The van der Waals surface area contributed by atoms with Gasteiger partial charge in [-0.1, -0.05) is 18.2 Å². The number of nitrogens with zero attached hydrogens (tertiary/aromatic N) is 2. The summed E-state index contributed by atoms with van der Waals surface area (Å²) in [6, 6.07) is 17.3. The van der Waals surface area contributed by atoms with E-state index in [2.05, 4.69) is 15.3 Å². The summed E-state index contributed by atoms with van der Waals surface area (Å²) < 4.78 is 24.4. The monoisotopic (exact) mass is 409 g/mol. The van der Waals surface area contributed by atoms with Crippen LogP contribution in [-0.4, -0.2) is 30.5 Å².